The molecule has 9 heteroatoms. The standard InChI is InChI=1S/C16H20N4O4S/c1-3-20(14-8-9-25(22,23)10-14)16(21)18-13-6-4-12(5-7-13)15-17-11(2)19-24-15/h4-7,14H,3,8-10H2,1-2H3,(H,18,21). The molecule has 1 N–H and O–H groups in total. The average Bonchev–Trinajstić information content (AvgIpc) is 3.14. The van der Waals surface area contributed by atoms with E-state index in [1.807, 2.05) is 6.92 Å². The maximum Gasteiger partial charge on any atom is 0.322 e. The number of urea groups is 1. The molecule has 2 amide bonds. The first-order valence-corrected chi connectivity index (χ1v) is 9.89. The first-order chi connectivity index (χ1) is 11.9. The molecule has 1 aromatic heterocycles. The SMILES string of the molecule is CCN(C(=O)Nc1ccc(-c2nc(C)no2)cc1)C1CCS(=O)(=O)C1. The largest absolute Gasteiger partial charge is 0.334 e. The number of aryl methyl sites for hydroxylation is 1. The van der Waals surface area contributed by atoms with Gasteiger partial charge in [0.05, 0.1) is 11.5 Å². The van der Waals surface area contributed by atoms with Gasteiger partial charge in [0, 0.05) is 23.8 Å². The van der Waals surface area contributed by atoms with Crippen molar-refractivity contribution in [1.82, 2.24) is 15.0 Å². The van der Waals surface area contributed by atoms with Crippen molar-refractivity contribution in [2.75, 3.05) is 23.4 Å². The van der Waals surface area contributed by atoms with Gasteiger partial charge >= 0.3 is 6.03 Å². The lowest BCUT2D eigenvalue weighted by Gasteiger charge is -2.27. The second kappa shape index (κ2) is 6.83. The highest BCUT2D eigenvalue weighted by Gasteiger charge is 2.33. The van der Waals surface area contributed by atoms with Crippen LogP contribution in [0.4, 0.5) is 10.5 Å². The van der Waals surface area contributed by atoms with E-state index >= 15 is 0 Å². The van der Waals surface area contributed by atoms with Crippen LogP contribution in [0.3, 0.4) is 0 Å². The van der Waals surface area contributed by atoms with E-state index in [2.05, 4.69) is 15.5 Å². The Bertz CT molecular complexity index is 861. The van der Waals surface area contributed by atoms with Crippen LogP contribution in [-0.4, -0.2) is 53.6 Å². The second-order valence-electron chi connectivity index (χ2n) is 6.00. The summed E-state index contributed by atoms with van der Waals surface area (Å²) in [4.78, 5) is 18.2. The first kappa shape index (κ1) is 17.4. The minimum absolute atomic E-state index is 0.0315. The molecule has 2 heterocycles. The Morgan fingerprint density at radius 3 is 2.60 bits per heavy atom. The monoisotopic (exact) mass is 364 g/mol. The summed E-state index contributed by atoms with van der Waals surface area (Å²) in [5, 5.41) is 6.55. The van der Waals surface area contributed by atoms with Gasteiger partial charge < -0.3 is 14.7 Å². The van der Waals surface area contributed by atoms with Gasteiger partial charge in [0.2, 0.25) is 0 Å². The van der Waals surface area contributed by atoms with Crippen LogP contribution in [-0.2, 0) is 9.84 Å². The summed E-state index contributed by atoms with van der Waals surface area (Å²) in [6.07, 6.45) is 0.485. The van der Waals surface area contributed by atoms with Crippen LogP contribution < -0.4 is 5.32 Å². The zero-order valence-electron chi connectivity index (χ0n) is 14.1. The summed E-state index contributed by atoms with van der Waals surface area (Å²) < 4.78 is 28.4. The number of aromatic nitrogens is 2. The number of carbonyl (C=O) groups is 1. The molecule has 1 unspecified atom stereocenters. The van der Waals surface area contributed by atoms with Gasteiger partial charge in [-0.3, -0.25) is 0 Å². The van der Waals surface area contributed by atoms with Crippen LogP contribution >= 0.6 is 0 Å². The number of nitrogens with one attached hydrogen (secondary N) is 1. The van der Waals surface area contributed by atoms with Crippen molar-refractivity contribution in [1.29, 1.82) is 0 Å². The lowest BCUT2D eigenvalue weighted by molar-refractivity contribution is 0.197. The molecule has 134 valence electrons. The predicted octanol–water partition coefficient (Wildman–Crippen LogP) is 2.09. The van der Waals surface area contributed by atoms with E-state index < -0.39 is 9.84 Å². The van der Waals surface area contributed by atoms with Crippen molar-refractivity contribution in [2.24, 2.45) is 0 Å². The third-order valence-electron chi connectivity index (χ3n) is 4.16. The Labute approximate surface area is 146 Å². The van der Waals surface area contributed by atoms with E-state index in [-0.39, 0.29) is 23.6 Å². The average molecular weight is 364 g/mol. The Morgan fingerprint density at radius 1 is 1.36 bits per heavy atom. The van der Waals surface area contributed by atoms with E-state index in [1.54, 1.807) is 36.1 Å². The lowest BCUT2D eigenvalue weighted by Crippen LogP contribution is -2.43. The number of carbonyl (C=O) groups excluding carboxylic acids is 1. The van der Waals surface area contributed by atoms with Crippen molar-refractivity contribution in [3.8, 4) is 11.5 Å². The maximum absolute atomic E-state index is 12.5. The van der Waals surface area contributed by atoms with E-state index in [4.69, 9.17) is 4.52 Å². The number of anilines is 1. The quantitative estimate of drug-likeness (QED) is 0.890. The Balaban J connectivity index is 1.67. The molecular formula is C16H20N4O4S. The molecule has 0 radical (unpaired) electrons. The highest BCUT2D eigenvalue weighted by atomic mass is 32.2. The summed E-state index contributed by atoms with van der Waals surface area (Å²) in [6, 6.07) is 6.47. The number of hydrogen-bond acceptors (Lipinski definition) is 6. The van der Waals surface area contributed by atoms with E-state index in [9.17, 15) is 13.2 Å². The maximum atomic E-state index is 12.5. The van der Waals surface area contributed by atoms with Gasteiger partial charge in [0.15, 0.2) is 15.7 Å². The lowest BCUT2D eigenvalue weighted by atomic mass is 10.2. The first-order valence-electron chi connectivity index (χ1n) is 8.07. The van der Waals surface area contributed by atoms with E-state index in [1.165, 1.54) is 0 Å². The normalized spacial score (nSPS) is 18.9. The molecule has 1 fully saturated rings. The zero-order valence-corrected chi connectivity index (χ0v) is 14.9. The number of amides is 2. The van der Waals surface area contributed by atoms with Crippen LogP contribution in [0.5, 0.6) is 0 Å². The molecule has 0 spiro atoms. The Hall–Kier alpha value is -2.42. The van der Waals surface area contributed by atoms with Crippen LogP contribution in [0.25, 0.3) is 11.5 Å². The van der Waals surface area contributed by atoms with Crippen molar-refractivity contribution >= 4 is 21.6 Å². The minimum Gasteiger partial charge on any atom is -0.334 e. The Morgan fingerprint density at radius 2 is 2.08 bits per heavy atom. The summed E-state index contributed by atoms with van der Waals surface area (Å²) >= 11 is 0. The van der Waals surface area contributed by atoms with Crippen molar-refractivity contribution in [3.05, 3.63) is 30.1 Å². The summed E-state index contributed by atoms with van der Waals surface area (Å²) in [5.74, 6) is 1.14. The van der Waals surface area contributed by atoms with Gasteiger partial charge in [-0.25, -0.2) is 13.2 Å². The number of benzene rings is 1. The molecule has 1 atom stereocenters. The zero-order chi connectivity index (χ0) is 18.0. The molecular weight excluding hydrogens is 344 g/mol. The highest BCUT2D eigenvalue weighted by molar-refractivity contribution is 7.91. The van der Waals surface area contributed by atoms with Gasteiger partial charge in [0.1, 0.15) is 0 Å². The third-order valence-corrected chi connectivity index (χ3v) is 5.91. The van der Waals surface area contributed by atoms with Crippen molar-refractivity contribution < 1.29 is 17.7 Å². The second-order valence-corrected chi connectivity index (χ2v) is 8.23. The fourth-order valence-corrected chi connectivity index (χ4v) is 4.63. The molecule has 8 nitrogen and oxygen atoms in total. The molecule has 25 heavy (non-hydrogen) atoms. The molecule has 0 aliphatic carbocycles. The molecule has 0 saturated carbocycles. The third kappa shape index (κ3) is 3.98. The van der Waals surface area contributed by atoms with Crippen molar-refractivity contribution in [3.63, 3.8) is 0 Å². The molecule has 1 aliphatic heterocycles. The molecule has 0 bridgehead atoms. The Kier molecular flexibility index (Phi) is 4.76. The summed E-state index contributed by atoms with van der Waals surface area (Å²) in [7, 11) is -3.04. The number of rotatable bonds is 4. The number of hydrogen-bond donors (Lipinski definition) is 1. The number of sulfone groups is 1. The fraction of sp³-hybridized carbons (Fsp3) is 0.438. The smallest absolute Gasteiger partial charge is 0.322 e. The van der Waals surface area contributed by atoms with Crippen LogP contribution in [0.15, 0.2) is 28.8 Å². The highest BCUT2D eigenvalue weighted by Crippen LogP contribution is 2.21. The minimum atomic E-state index is -3.04. The summed E-state index contributed by atoms with van der Waals surface area (Å²) in [6.45, 7) is 4.03. The fourth-order valence-electron chi connectivity index (χ4n) is 2.89. The summed E-state index contributed by atoms with van der Waals surface area (Å²) in [5.41, 5.74) is 1.37. The molecule has 1 aromatic carbocycles. The molecule has 3 rings (SSSR count). The van der Waals surface area contributed by atoms with E-state index in [0.29, 0.717) is 30.4 Å². The molecule has 2 aromatic rings. The van der Waals surface area contributed by atoms with Gasteiger partial charge in [-0.1, -0.05) is 5.16 Å². The van der Waals surface area contributed by atoms with Crippen LogP contribution in [0.1, 0.15) is 19.2 Å². The van der Waals surface area contributed by atoms with Gasteiger partial charge in [-0.05, 0) is 44.5 Å². The van der Waals surface area contributed by atoms with Gasteiger partial charge in [-0.15, -0.1) is 0 Å². The van der Waals surface area contributed by atoms with Crippen molar-refractivity contribution in [2.45, 2.75) is 26.3 Å². The van der Waals surface area contributed by atoms with Gasteiger partial charge in [0.25, 0.3) is 5.89 Å². The van der Waals surface area contributed by atoms with Crippen LogP contribution in [0.2, 0.25) is 0 Å². The molecule has 1 saturated heterocycles. The van der Waals surface area contributed by atoms with Gasteiger partial charge in [-0.2, -0.15) is 4.98 Å². The number of nitrogens with zero attached hydrogens (tertiary/aromatic N) is 3. The topological polar surface area (TPSA) is 105 Å². The van der Waals surface area contributed by atoms with E-state index in [0.717, 1.165) is 5.56 Å². The molecule has 1 aliphatic rings. The predicted molar refractivity (Wildman–Crippen MR) is 92.9 cm³/mol. The van der Waals surface area contributed by atoms with Crippen LogP contribution in [0, 0.1) is 6.92 Å².